The number of alkyl halides is 3. The lowest BCUT2D eigenvalue weighted by Crippen LogP contribution is -2.43. The molecule has 0 N–H and O–H groups in total. The molecule has 5 heteroatoms. The first kappa shape index (κ1) is 8.39. The predicted molar refractivity (Wildman–Crippen MR) is 34.5 cm³/mol. The number of likely N-dealkylation sites (N-methyl/N-ethyl adjacent to an activating group) is 1. The van der Waals surface area contributed by atoms with E-state index < -0.39 is 12.2 Å². The molecule has 0 aromatic carbocycles. The highest BCUT2D eigenvalue weighted by molar-refractivity contribution is 5.02. The Bertz CT molecular complexity index is 175. The number of nitrogens with zero attached hydrogens (tertiary/aromatic N) is 2. The molecule has 1 atom stereocenters. The van der Waals surface area contributed by atoms with Crippen molar-refractivity contribution in [3.05, 3.63) is 12.3 Å². The number of rotatable bonds is 0. The zero-order valence-electron chi connectivity index (χ0n) is 6.26. The van der Waals surface area contributed by atoms with E-state index in [1.807, 2.05) is 0 Å². The van der Waals surface area contributed by atoms with Crippen LogP contribution in [0.3, 0.4) is 0 Å². The summed E-state index contributed by atoms with van der Waals surface area (Å²) in [6.45, 7) is 0. The molecule has 64 valence electrons. The van der Waals surface area contributed by atoms with E-state index in [0.29, 0.717) is 0 Å². The Morgan fingerprint density at radius 2 is 1.82 bits per heavy atom. The lowest BCUT2D eigenvalue weighted by atomic mass is 10.3. The highest BCUT2D eigenvalue weighted by Gasteiger charge is 2.43. The van der Waals surface area contributed by atoms with Crippen LogP contribution in [0.4, 0.5) is 13.2 Å². The van der Waals surface area contributed by atoms with Crippen LogP contribution in [0.25, 0.3) is 0 Å². The van der Waals surface area contributed by atoms with E-state index in [9.17, 15) is 13.2 Å². The van der Waals surface area contributed by atoms with Gasteiger partial charge in [-0.25, -0.2) is 5.01 Å². The molecule has 2 nitrogen and oxygen atoms in total. The fraction of sp³-hybridized carbons (Fsp3) is 0.667. The Labute approximate surface area is 62.9 Å². The molecule has 1 heterocycles. The SMILES string of the molecule is CN1C=CC(C(F)(F)F)N1C. The van der Waals surface area contributed by atoms with Crippen LogP contribution in [0.2, 0.25) is 0 Å². The molecule has 0 fully saturated rings. The highest BCUT2D eigenvalue weighted by Crippen LogP contribution is 2.28. The Morgan fingerprint density at radius 1 is 1.27 bits per heavy atom. The fourth-order valence-electron chi connectivity index (χ4n) is 0.953. The van der Waals surface area contributed by atoms with Gasteiger partial charge in [-0.15, -0.1) is 0 Å². The van der Waals surface area contributed by atoms with Crippen molar-refractivity contribution in [1.29, 1.82) is 0 Å². The topological polar surface area (TPSA) is 6.48 Å². The van der Waals surface area contributed by atoms with Crippen molar-refractivity contribution in [2.24, 2.45) is 0 Å². The fourth-order valence-corrected chi connectivity index (χ4v) is 0.953. The Balaban J connectivity index is 2.70. The molecule has 0 aliphatic carbocycles. The molecule has 0 aromatic heterocycles. The zero-order valence-corrected chi connectivity index (χ0v) is 6.26. The molecule has 11 heavy (non-hydrogen) atoms. The van der Waals surface area contributed by atoms with Crippen LogP contribution in [0.1, 0.15) is 0 Å². The molecule has 0 saturated heterocycles. The maximum Gasteiger partial charge on any atom is 0.409 e. The van der Waals surface area contributed by atoms with Crippen molar-refractivity contribution >= 4 is 0 Å². The number of hydrogen-bond donors (Lipinski definition) is 0. The van der Waals surface area contributed by atoms with Gasteiger partial charge in [0.1, 0.15) is 6.04 Å². The summed E-state index contributed by atoms with van der Waals surface area (Å²) in [5, 5.41) is 2.53. The molecule has 1 aliphatic heterocycles. The standard InChI is InChI=1S/C6H9F3N2/c1-10-4-3-5(11(10)2)6(7,8)9/h3-5H,1-2H3. The van der Waals surface area contributed by atoms with Crippen LogP contribution in [0.15, 0.2) is 12.3 Å². The van der Waals surface area contributed by atoms with Crippen LogP contribution in [0.5, 0.6) is 0 Å². The van der Waals surface area contributed by atoms with E-state index in [1.54, 1.807) is 7.05 Å². The summed E-state index contributed by atoms with van der Waals surface area (Å²) in [7, 11) is 2.97. The van der Waals surface area contributed by atoms with Crippen molar-refractivity contribution in [2.45, 2.75) is 12.2 Å². The largest absolute Gasteiger partial charge is 0.409 e. The number of halogens is 3. The Hall–Kier alpha value is -0.710. The van der Waals surface area contributed by atoms with Gasteiger partial charge in [-0.3, -0.25) is 0 Å². The lowest BCUT2D eigenvalue weighted by Gasteiger charge is -2.27. The van der Waals surface area contributed by atoms with E-state index in [1.165, 1.54) is 18.3 Å². The van der Waals surface area contributed by atoms with Crippen LogP contribution in [0, 0.1) is 0 Å². The first-order valence-electron chi connectivity index (χ1n) is 3.13. The van der Waals surface area contributed by atoms with Crippen molar-refractivity contribution in [2.75, 3.05) is 14.1 Å². The summed E-state index contributed by atoms with van der Waals surface area (Å²) < 4.78 is 36.2. The average molecular weight is 166 g/mol. The lowest BCUT2D eigenvalue weighted by molar-refractivity contribution is -0.183. The molecular weight excluding hydrogens is 157 g/mol. The van der Waals surface area contributed by atoms with E-state index in [2.05, 4.69) is 0 Å². The average Bonchev–Trinajstić information content (AvgIpc) is 2.11. The van der Waals surface area contributed by atoms with Crippen molar-refractivity contribution in [3.63, 3.8) is 0 Å². The first-order valence-corrected chi connectivity index (χ1v) is 3.13. The molecule has 1 aliphatic rings. The molecule has 0 saturated carbocycles. The summed E-state index contributed by atoms with van der Waals surface area (Å²) in [5.41, 5.74) is 0. The zero-order chi connectivity index (χ0) is 8.65. The smallest absolute Gasteiger partial charge is 0.316 e. The summed E-state index contributed by atoms with van der Waals surface area (Å²) in [6.07, 6.45) is -1.64. The molecule has 0 amide bonds. The first-order chi connectivity index (χ1) is 4.93. The van der Waals surface area contributed by atoms with Crippen LogP contribution in [-0.4, -0.2) is 36.3 Å². The maximum absolute atomic E-state index is 12.1. The van der Waals surface area contributed by atoms with Gasteiger partial charge < -0.3 is 5.01 Å². The number of hydrogen-bond acceptors (Lipinski definition) is 2. The van der Waals surface area contributed by atoms with Crippen LogP contribution in [-0.2, 0) is 0 Å². The van der Waals surface area contributed by atoms with Crippen molar-refractivity contribution < 1.29 is 13.2 Å². The summed E-state index contributed by atoms with van der Waals surface area (Å²) >= 11 is 0. The molecular formula is C6H9F3N2. The quantitative estimate of drug-likeness (QED) is 0.534. The van der Waals surface area contributed by atoms with Gasteiger partial charge in [-0.1, -0.05) is 0 Å². The molecule has 0 spiro atoms. The summed E-state index contributed by atoms with van der Waals surface area (Å²) in [4.78, 5) is 0. The minimum atomic E-state index is -4.17. The van der Waals surface area contributed by atoms with Crippen LogP contribution >= 0.6 is 0 Å². The van der Waals surface area contributed by atoms with E-state index in [-0.39, 0.29) is 0 Å². The second-order valence-electron chi connectivity index (χ2n) is 2.48. The van der Waals surface area contributed by atoms with Gasteiger partial charge in [0.25, 0.3) is 0 Å². The monoisotopic (exact) mass is 166 g/mol. The third kappa shape index (κ3) is 1.48. The molecule has 1 rings (SSSR count). The van der Waals surface area contributed by atoms with Gasteiger partial charge in [0.2, 0.25) is 0 Å². The minimum Gasteiger partial charge on any atom is -0.316 e. The summed E-state index contributed by atoms with van der Waals surface area (Å²) in [6, 6.07) is -1.47. The second-order valence-corrected chi connectivity index (χ2v) is 2.48. The predicted octanol–water partition coefficient (Wildman–Crippen LogP) is 1.22. The third-order valence-electron chi connectivity index (χ3n) is 1.72. The van der Waals surface area contributed by atoms with Gasteiger partial charge in [0.05, 0.1) is 0 Å². The molecule has 1 unspecified atom stereocenters. The highest BCUT2D eigenvalue weighted by atomic mass is 19.4. The normalized spacial score (nSPS) is 26.6. The Morgan fingerprint density at radius 3 is 2.00 bits per heavy atom. The van der Waals surface area contributed by atoms with Gasteiger partial charge in [-0.05, 0) is 6.08 Å². The van der Waals surface area contributed by atoms with Gasteiger partial charge >= 0.3 is 6.18 Å². The van der Waals surface area contributed by atoms with E-state index >= 15 is 0 Å². The second kappa shape index (κ2) is 2.41. The van der Waals surface area contributed by atoms with Gasteiger partial charge in [-0.2, -0.15) is 13.2 Å². The van der Waals surface area contributed by atoms with Crippen LogP contribution < -0.4 is 0 Å². The van der Waals surface area contributed by atoms with Gasteiger partial charge in [0.15, 0.2) is 0 Å². The maximum atomic E-state index is 12.1. The minimum absolute atomic E-state index is 1.12. The van der Waals surface area contributed by atoms with Crippen molar-refractivity contribution in [1.82, 2.24) is 10.0 Å². The van der Waals surface area contributed by atoms with E-state index in [4.69, 9.17) is 0 Å². The van der Waals surface area contributed by atoms with Crippen molar-refractivity contribution in [3.8, 4) is 0 Å². The number of hydrazine groups is 1. The Kier molecular flexibility index (Phi) is 1.83. The molecule has 0 aromatic rings. The molecule has 0 bridgehead atoms. The summed E-state index contributed by atoms with van der Waals surface area (Å²) in [5.74, 6) is 0. The van der Waals surface area contributed by atoms with Gasteiger partial charge in [0, 0.05) is 20.3 Å². The third-order valence-corrected chi connectivity index (χ3v) is 1.72. The molecule has 0 radical (unpaired) electrons. The van der Waals surface area contributed by atoms with E-state index in [0.717, 1.165) is 11.1 Å².